The summed E-state index contributed by atoms with van der Waals surface area (Å²) in [4.78, 5) is 4.36. The molecule has 16 heavy (non-hydrogen) atoms. The Balaban J connectivity index is 2.39. The van der Waals surface area contributed by atoms with E-state index in [0.717, 1.165) is 5.56 Å². The van der Waals surface area contributed by atoms with Crippen molar-refractivity contribution < 1.29 is 4.52 Å². The molecule has 1 aromatic heterocycles. The molecule has 0 bridgehead atoms. The molecule has 2 aromatic rings. The van der Waals surface area contributed by atoms with Crippen LogP contribution in [0.2, 0.25) is 0 Å². The van der Waals surface area contributed by atoms with Gasteiger partial charge in [-0.3, -0.25) is 0 Å². The second-order valence-electron chi connectivity index (χ2n) is 4.80. The predicted octanol–water partition coefficient (Wildman–Crippen LogP) is 2.62. The van der Waals surface area contributed by atoms with Crippen molar-refractivity contribution in [1.82, 2.24) is 10.1 Å². The lowest BCUT2D eigenvalue weighted by Crippen LogP contribution is -2.11. The summed E-state index contributed by atoms with van der Waals surface area (Å²) in [6.45, 7) is 6.09. The van der Waals surface area contributed by atoms with Gasteiger partial charge in [-0.2, -0.15) is 4.98 Å². The van der Waals surface area contributed by atoms with Crippen LogP contribution in [-0.4, -0.2) is 10.1 Å². The number of aromatic nitrogens is 2. The Bertz CT molecular complexity index is 497. The Hall–Kier alpha value is -1.84. The zero-order valence-electron chi connectivity index (χ0n) is 9.69. The van der Waals surface area contributed by atoms with E-state index in [1.54, 1.807) is 0 Å². The molecule has 0 unspecified atom stereocenters. The van der Waals surface area contributed by atoms with Gasteiger partial charge in [-0.25, -0.2) is 0 Å². The smallest absolute Gasteiger partial charge is 0.232 e. The fourth-order valence-electron chi connectivity index (χ4n) is 1.32. The van der Waals surface area contributed by atoms with Crippen LogP contribution in [0.25, 0.3) is 11.4 Å². The van der Waals surface area contributed by atoms with E-state index in [1.165, 1.54) is 0 Å². The molecule has 84 valence electrons. The average Bonchev–Trinajstić information content (AvgIpc) is 2.65. The third kappa shape index (κ3) is 2.05. The standard InChI is InChI=1S/C12H15N3O/c1-12(2,3)11-14-10(15-16-11)8-5-4-6-9(13)7-8/h4-7H,13H2,1-3H3. The summed E-state index contributed by atoms with van der Waals surface area (Å²) >= 11 is 0. The van der Waals surface area contributed by atoms with Gasteiger partial charge in [0, 0.05) is 16.7 Å². The molecule has 2 N–H and O–H groups in total. The summed E-state index contributed by atoms with van der Waals surface area (Å²) in [5.74, 6) is 1.21. The number of nitrogens with two attached hydrogens (primary N) is 1. The van der Waals surface area contributed by atoms with Gasteiger partial charge in [0.1, 0.15) is 0 Å². The molecule has 0 amide bonds. The largest absolute Gasteiger partial charge is 0.399 e. The van der Waals surface area contributed by atoms with Gasteiger partial charge in [0.2, 0.25) is 11.7 Å². The number of hydrogen-bond acceptors (Lipinski definition) is 4. The Kier molecular flexibility index (Phi) is 2.42. The molecule has 4 heteroatoms. The maximum Gasteiger partial charge on any atom is 0.232 e. The minimum absolute atomic E-state index is 0.133. The van der Waals surface area contributed by atoms with Gasteiger partial charge in [-0.05, 0) is 12.1 Å². The van der Waals surface area contributed by atoms with Gasteiger partial charge < -0.3 is 10.3 Å². The van der Waals surface area contributed by atoms with Gasteiger partial charge in [0.15, 0.2) is 0 Å². The number of rotatable bonds is 1. The molecular formula is C12H15N3O. The maximum absolute atomic E-state index is 5.70. The van der Waals surface area contributed by atoms with Crippen LogP contribution in [-0.2, 0) is 5.41 Å². The van der Waals surface area contributed by atoms with E-state index >= 15 is 0 Å². The number of nitrogen functional groups attached to an aromatic ring is 1. The van der Waals surface area contributed by atoms with E-state index in [-0.39, 0.29) is 5.41 Å². The lowest BCUT2D eigenvalue weighted by atomic mass is 9.97. The maximum atomic E-state index is 5.70. The highest BCUT2D eigenvalue weighted by molar-refractivity contribution is 5.60. The van der Waals surface area contributed by atoms with Gasteiger partial charge in [-0.1, -0.05) is 38.1 Å². The van der Waals surface area contributed by atoms with Crippen LogP contribution in [0, 0.1) is 0 Å². The SMILES string of the molecule is CC(C)(C)c1nc(-c2cccc(N)c2)no1. The van der Waals surface area contributed by atoms with Crippen LogP contribution in [0.5, 0.6) is 0 Å². The minimum atomic E-state index is -0.133. The first-order valence-corrected chi connectivity index (χ1v) is 5.17. The zero-order chi connectivity index (χ0) is 11.8. The predicted molar refractivity (Wildman–Crippen MR) is 62.8 cm³/mol. The summed E-state index contributed by atoms with van der Waals surface area (Å²) in [5.41, 5.74) is 7.14. The third-order valence-corrected chi connectivity index (χ3v) is 2.21. The van der Waals surface area contributed by atoms with E-state index < -0.39 is 0 Å². The highest BCUT2D eigenvalue weighted by Gasteiger charge is 2.22. The lowest BCUT2D eigenvalue weighted by Gasteiger charge is -2.10. The summed E-state index contributed by atoms with van der Waals surface area (Å²) < 4.78 is 5.22. The second kappa shape index (κ2) is 3.63. The summed E-state index contributed by atoms with van der Waals surface area (Å²) in [6, 6.07) is 7.44. The van der Waals surface area contributed by atoms with E-state index in [2.05, 4.69) is 10.1 Å². The van der Waals surface area contributed by atoms with Crippen molar-refractivity contribution in [2.24, 2.45) is 0 Å². The van der Waals surface area contributed by atoms with Crippen molar-refractivity contribution in [2.75, 3.05) is 5.73 Å². The number of anilines is 1. The molecule has 0 fully saturated rings. The lowest BCUT2D eigenvalue weighted by molar-refractivity contribution is 0.321. The van der Waals surface area contributed by atoms with Crippen LogP contribution >= 0.6 is 0 Å². The summed E-state index contributed by atoms with van der Waals surface area (Å²) in [6.07, 6.45) is 0. The van der Waals surface area contributed by atoms with E-state index in [0.29, 0.717) is 17.4 Å². The molecule has 0 atom stereocenters. The zero-order valence-corrected chi connectivity index (χ0v) is 9.69. The molecule has 1 heterocycles. The highest BCUT2D eigenvalue weighted by atomic mass is 16.5. The molecular weight excluding hydrogens is 202 g/mol. The van der Waals surface area contributed by atoms with Crippen LogP contribution in [0.15, 0.2) is 28.8 Å². The first kappa shape index (κ1) is 10.7. The first-order valence-electron chi connectivity index (χ1n) is 5.17. The van der Waals surface area contributed by atoms with E-state index in [9.17, 15) is 0 Å². The Morgan fingerprint density at radius 3 is 2.56 bits per heavy atom. The van der Waals surface area contributed by atoms with Crippen LogP contribution in [0.1, 0.15) is 26.7 Å². The Morgan fingerprint density at radius 1 is 1.25 bits per heavy atom. The normalized spacial score (nSPS) is 11.7. The van der Waals surface area contributed by atoms with Crippen molar-refractivity contribution in [1.29, 1.82) is 0 Å². The highest BCUT2D eigenvalue weighted by Crippen LogP contribution is 2.24. The molecule has 0 spiro atoms. The molecule has 1 aromatic carbocycles. The fraction of sp³-hybridized carbons (Fsp3) is 0.333. The van der Waals surface area contributed by atoms with Crippen LogP contribution in [0.3, 0.4) is 0 Å². The molecule has 0 aliphatic heterocycles. The van der Waals surface area contributed by atoms with Crippen molar-refractivity contribution in [3.63, 3.8) is 0 Å². The second-order valence-corrected chi connectivity index (χ2v) is 4.80. The van der Waals surface area contributed by atoms with Crippen LogP contribution < -0.4 is 5.73 Å². The molecule has 0 aliphatic rings. The van der Waals surface area contributed by atoms with Crippen molar-refractivity contribution in [3.8, 4) is 11.4 Å². The summed E-state index contributed by atoms with van der Waals surface area (Å²) in [5, 5.41) is 3.95. The average molecular weight is 217 g/mol. The van der Waals surface area contributed by atoms with Gasteiger partial charge in [0.25, 0.3) is 0 Å². The number of hydrogen-bond donors (Lipinski definition) is 1. The number of nitrogens with zero attached hydrogens (tertiary/aromatic N) is 2. The van der Waals surface area contributed by atoms with Crippen molar-refractivity contribution >= 4 is 5.69 Å². The Morgan fingerprint density at radius 2 is 2.00 bits per heavy atom. The molecule has 0 aliphatic carbocycles. The molecule has 2 rings (SSSR count). The molecule has 4 nitrogen and oxygen atoms in total. The van der Waals surface area contributed by atoms with Crippen molar-refractivity contribution in [3.05, 3.63) is 30.2 Å². The minimum Gasteiger partial charge on any atom is -0.399 e. The summed E-state index contributed by atoms with van der Waals surface area (Å²) in [7, 11) is 0. The molecule has 0 saturated heterocycles. The first-order chi connectivity index (χ1) is 7.47. The fourth-order valence-corrected chi connectivity index (χ4v) is 1.32. The van der Waals surface area contributed by atoms with Gasteiger partial charge >= 0.3 is 0 Å². The van der Waals surface area contributed by atoms with E-state index in [4.69, 9.17) is 10.3 Å². The van der Waals surface area contributed by atoms with Gasteiger partial charge in [-0.15, -0.1) is 0 Å². The number of benzene rings is 1. The third-order valence-electron chi connectivity index (χ3n) is 2.21. The molecule has 0 saturated carbocycles. The Labute approximate surface area is 94.5 Å². The monoisotopic (exact) mass is 217 g/mol. The topological polar surface area (TPSA) is 64.9 Å². The van der Waals surface area contributed by atoms with Crippen molar-refractivity contribution in [2.45, 2.75) is 26.2 Å². The van der Waals surface area contributed by atoms with Gasteiger partial charge in [0.05, 0.1) is 0 Å². The molecule has 0 radical (unpaired) electrons. The van der Waals surface area contributed by atoms with Crippen LogP contribution in [0.4, 0.5) is 5.69 Å². The van der Waals surface area contributed by atoms with E-state index in [1.807, 2.05) is 45.0 Å². The quantitative estimate of drug-likeness (QED) is 0.746.